The smallest absolute Gasteiger partial charge is 0.303 e. The largest absolute Gasteiger partial charge is 0.507 e. The molecule has 116 valence electrons. The number of hydrogen-bond donors (Lipinski definition) is 2. The van der Waals surface area contributed by atoms with Crippen LogP contribution < -0.4 is 0 Å². The van der Waals surface area contributed by atoms with Crippen LogP contribution in [0.4, 0.5) is 0 Å². The molecular weight excluding hydrogens is 346 g/mol. The maximum atomic E-state index is 12.3. The number of carbonyl (C=O) groups excluding carboxylic acids is 1. The molecule has 22 heavy (non-hydrogen) atoms. The van der Waals surface area contributed by atoms with Crippen molar-refractivity contribution in [2.75, 3.05) is 6.54 Å². The van der Waals surface area contributed by atoms with Gasteiger partial charge in [0, 0.05) is 18.5 Å². The number of carbonyl (C=O) groups is 2. The Bertz CT molecular complexity index is 655. The number of carboxylic acid groups (broad SMARTS) is 1. The molecule has 1 aromatic carbocycles. The van der Waals surface area contributed by atoms with Crippen molar-refractivity contribution in [2.45, 2.75) is 12.8 Å². The van der Waals surface area contributed by atoms with Gasteiger partial charge < -0.3 is 10.2 Å². The molecular formula is C14H12ClNO4S2. The number of phenols is 1. The average molecular weight is 358 g/mol. The first-order valence-electron chi connectivity index (χ1n) is 6.35. The van der Waals surface area contributed by atoms with E-state index in [1.807, 2.05) is 0 Å². The van der Waals surface area contributed by atoms with E-state index in [9.17, 15) is 14.7 Å². The van der Waals surface area contributed by atoms with E-state index in [0.717, 1.165) is 11.8 Å². The first-order valence-corrected chi connectivity index (χ1v) is 7.95. The summed E-state index contributed by atoms with van der Waals surface area (Å²) in [5.41, 5.74) is 0.357. The fraction of sp³-hybridized carbons (Fsp3) is 0.214. The zero-order chi connectivity index (χ0) is 16.3. The standard InChI is InChI=1S/C14H12ClNO4S2/c15-9-3-1-4-10(17)8(9)7-11-13(20)16(14(21)22-11)6-2-5-12(18)19/h1,3-4,7,17H,2,5-6H2,(H,18,19). The molecule has 5 nitrogen and oxygen atoms in total. The van der Waals surface area contributed by atoms with Gasteiger partial charge in [-0.15, -0.1) is 0 Å². The van der Waals surface area contributed by atoms with Gasteiger partial charge in [-0.2, -0.15) is 0 Å². The summed E-state index contributed by atoms with van der Waals surface area (Å²) in [5, 5.41) is 18.8. The highest BCUT2D eigenvalue weighted by Gasteiger charge is 2.32. The molecule has 1 amide bonds. The summed E-state index contributed by atoms with van der Waals surface area (Å²) >= 11 is 12.3. The number of nitrogens with zero attached hydrogens (tertiary/aromatic N) is 1. The van der Waals surface area contributed by atoms with Gasteiger partial charge in [0.25, 0.3) is 5.91 Å². The lowest BCUT2D eigenvalue weighted by Crippen LogP contribution is -2.29. The zero-order valence-corrected chi connectivity index (χ0v) is 13.7. The molecule has 0 radical (unpaired) electrons. The minimum absolute atomic E-state index is 0.0244. The Morgan fingerprint density at radius 1 is 1.45 bits per heavy atom. The number of amides is 1. The number of thiocarbonyl (C=S) groups is 1. The quantitative estimate of drug-likeness (QED) is 0.622. The van der Waals surface area contributed by atoms with Crippen molar-refractivity contribution in [3.05, 3.63) is 33.7 Å². The Balaban J connectivity index is 2.17. The second kappa shape index (κ2) is 7.13. The Morgan fingerprint density at radius 2 is 2.18 bits per heavy atom. The predicted molar refractivity (Wildman–Crippen MR) is 89.9 cm³/mol. The van der Waals surface area contributed by atoms with Crippen molar-refractivity contribution in [2.24, 2.45) is 0 Å². The molecule has 0 spiro atoms. The Labute approximate surface area is 141 Å². The minimum atomic E-state index is -0.915. The highest BCUT2D eigenvalue weighted by atomic mass is 35.5. The van der Waals surface area contributed by atoms with Crippen LogP contribution in [0.15, 0.2) is 23.1 Å². The molecule has 1 aliphatic rings. The van der Waals surface area contributed by atoms with Crippen LogP contribution in [-0.4, -0.2) is 37.9 Å². The van der Waals surface area contributed by atoms with Crippen molar-refractivity contribution < 1.29 is 19.8 Å². The van der Waals surface area contributed by atoms with E-state index in [0.29, 0.717) is 26.2 Å². The van der Waals surface area contributed by atoms with Crippen LogP contribution in [0.5, 0.6) is 5.75 Å². The van der Waals surface area contributed by atoms with Gasteiger partial charge in [0.05, 0.1) is 9.93 Å². The highest BCUT2D eigenvalue weighted by molar-refractivity contribution is 8.26. The van der Waals surface area contributed by atoms with Crippen molar-refractivity contribution >= 4 is 57.9 Å². The summed E-state index contributed by atoms with van der Waals surface area (Å²) < 4.78 is 0.369. The number of halogens is 1. The molecule has 0 aliphatic carbocycles. The van der Waals surface area contributed by atoms with Crippen LogP contribution in [0.2, 0.25) is 5.02 Å². The SMILES string of the molecule is O=C(O)CCCN1C(=O)C(=Cc2c(O)cccc2Cl)SC1=S. The zero-order valence-electron chi connectivity index (χ0n) is 11.3. The van der Waals surface area contributed by atoms with E-state index in [4.69, 9.17) is 28.9 Å². The van der Waals surface area contributed by atoms with Crippen LogP contribution in [0.3, 0.4) is 0 Å². The lowest BCUT2D eigenvalue weighted by Gasteiger charge is -2.13. The summed E-state index contributed by atoms with van der Waals surface area (Å²) in [7, 11) is 0. The topological polar surface area (TPSA) is 77.8 Å². The average Bonchev–Trinajstić information content (AvgIpc) is 2.70. The maximum absolute atomic E-state index is 12.3. The van der Waals surface area contributed by atoms with Gasteiger partial charge in [-0.05, 0) is 24.6 Å². The van der Waals surface area contributed by atoms with Crippen molar-refractivity contribution in [1.29, 1.82) is 0 Å². The van der Waals surface area contributed by atoms with E-state index in [2.05, 4.69) is 0 Å². The number of benzene rings is 1. The summed E-state index contributed by atoms with van der Waals surface area (Å²) in [6.07, 6.45) is 1.79. The van der Waals surface area contributed by atoms with Crippen LogP contribution in [0.25, 0.3) is 6.08 Å². The molecule has 1 aromatic rings. The summed E-state index contributed by atoms with van der Waals surface area (Å²) in [5.74, 6) is -1.25. The number of phenolic OH excluding ortho intramolecular Hbond substituents is 1. The van der Waals surface area contributed by atoms with Crippen molar-refractivity contribution in [3.8, 4) is 5.75 Å². The van der Waals surface area contributed by atoms with E-state index in [-0.39, 0.29) is 24.6 Å². The molecule has 1 aliphatic heterocycles. The number of hydrogen-bond acceptors (Lipinski definition) is 5. The lowest BCUT2D eigenvalue weighted by atomic mass is 10.2. The molecule has 0 atom stereocenters. The third-order valence-corrected chi connectivity index (χ3v) is 4.66. The Kier molecular flexibility index (Phi) is 5.44. The molecule has 2 N–H and O–H groups in total. The minimum Gasteiger partial charge on any atom is -0.507 e. The van der Waals surface area contributed by atoms with Crippen molar-refractivity contribution in [3.63, 3.8) is 0 Å². The van der Waals surface area contributed by atoms with E-state index in [1.54, 1.807) is 12.1 Å². The first-order chi connectivity index (χ1) is 10.4. The van der Waals surface area contributed by atoms with Crippen LogP contribution >= 0.6 is 35.6 Å². The lowest BCUT2D eigenvalue weighted by molar-refractivity contribution is -0.137. The highest BCUT2D eigenvalue weighted by Crippen LogP contribution is 2.36. The van der Waals surface area contributed by atoms with E-state index >= 15 is 0 Å². The summed E-state index contributed by atoms with van der Waals surface area (Å²) in [6.45, 7) is 0.253. The second-order valence-electron chi connectivity index (χ2n) is 4.50. The number of aromatic hydroxyl groups is 1. The van der Waals surface area contributed by atoms with Gasteiger partial charge in [-0.25, -0.2) is 0 Å². The fourth-order valence-electron chi connectivity index (χ4n) is 1.88. The number of carboxylic acids is 1. The molecule has 0 unspecified atom stereocenters. The molecule has 0 aromatic heterocycles. The monoisotopic (exact) mass is 357 g/mol. The third kappa shape index (κ3) is 3.79. The van der Waals surface area contributed by atoms with Gasteiger partial charge in [0.15, 0.2) is 0 Å². The predicted octanol–water partition coefficient (Wildman–Crippen LogP) is 3.11. The van der Waals surface area contributed by atoms with Crippen LogP contribution in [0.1, 0.15) is 18.4 Å². The second-order valence-corrected chi connectivity index (χ2v) is 6.59. The molecule has 8 heteroatoms. The first kappa shape index (κ1) is 16.8. The van der Waals surface area contributed by atoms with Gasteiger partial charge >= 0.3 is 5.97 Å². The number of aliphatic carboxylic acids is 1. The normalized spacial score (nSPS) is 16.6. The molecule has 0 bridgehead atoms. The molecule has 1 heterocycles. The third-order valence-electron chi connectivity index (χ3n) is 2.95. The number of thioether (sulfide) groups is 1. The van der Waals surface area contributed by atoms with E-state index in [1.165, 1.54) is 17.0 Å². The van der Waals surface area contributed by atoms with Crippen LogP contribution in [0, 0.1) is 0 Å². The van der Waals surface area contributed by atoms with Crippen LogP contribution in [-0.2, 0) is 9.59 Å². The summed E-state index contributed by atoms with van der Waals surface area (Å²) in [4.78, 5) is 24.5. The summed E-state index contributed by atoms with van der Waals surface area (Å²) in [6, 6.07) is 4.69. The van der Waals surface area contributed by atoms with E-state index < -0.39 is 5.97 Å². The van der Waals surface area contributed by atoms with Gasteiger partial charge in [-0.3, -0.25) is 14.5 Å². The number of rotatable bonds is 5. The molecule has 1 fully saturated rings. The van der Waals surface area contributed by atoms with Gasteiger partial charge in [0.1, 0.15) is 10.1 Å². The van der Waals surface area contributed by atoms with Crippen molar-refractivity contribution in [1.82, 2.24) is 4.90 Å². The fourth-order valence-corrected chi connectivity index (χ4v) is 3.40. The Hall–Kier alpha value is -1.57. The van der Waals surface area contributed by atoms with Gasteiger partial charge in [0.2, 0.25) is 0 Å². The molecule has 0 saturated carbocycles. The maximum Gasteiger partial charge on any atom is 0.303 e. The Morgan fingerprint density at radius 3 is 2.82 bits per heavy atom. The molecule has 2 rings (SSSR count). The molecule has 1 saturated heterocycles. The van der Waals surface area contributed by atoms with Gasteiger partial charge in [-0.1, -0.05) is 41.6 Å².